The molecule has 0 radical (unpaired) electrons. The second kappa shape index (κ2) is 32.8. The number of methoxy groups -OCH3 is 1. The van der Waals surface area contributed by atoms with E-state index in [0.29, 0.717) is 0 Å². The summed E-state index contributed by atoms with van der Waals surface area (Å²) in [6.45, 7) is 14.9. The number of likely N-dealkylation sites (tertiary alicyclic amines) is 2. The van der Waals surface area contributed by atoms with Crippen LogP contribution in [0.25, 0.3) is 0 Å². The van der Waals surface area contributed by atoms with E-state index in [9.17, 15) is 14.2 Å². The second-order valence-corrected chi connectivity index (χ2v) is 16.0. The maximum absolute atomic E-state index is 10.7. The van der Waals surface area contributed by atoms with Gasteiger partial charge in [0, 0.05) is 30.1 Å². The average molecular weight is 844 g/mol. The minimum atomic E-state index is -3.99. The van der Waals surface area contributed by atoms with Gasteiger partial charge in [-0.15, -0.1) is 0 Å². The molecule has 0 amide bonds. The van der Waals surface area contributed by atoms with Crippen molar-refractivity contribution in [2.45, 2.75) is 66.2 Å². The van der Waals surface area contributed by atoms with E-state index in [1.165, 1.54) is 80.1 Å². The first kappa shape index (κ1) is 67.5. The SMILES string of the molecule is CCC1C[N+](C)(C)CC1CC.CCC1C[N+](C)(C)CC1CC.COc1c(Cl)ccc(Cl)c1C(=O)O.O=C(O)CCCP(=O)(O)O.[CH3-].[CH3-].[K+].[K+].[OH-].[OH-]. The fraction of sp³-hybridized carbons (Fsp3) is 0.706. The van der Waals surface area contributed by atoms with Gasteiger partial charge in [-0.05, 0) is 44.2 Å². The average Bonchev–Trinajstić information content (AvgIpc) is 3.42. The molecule has 2 heterocycles. The first-order chi connectivity index (χ1) is 20.7. The Kier molecular flexibility index (Phi) is 43.5. The molecule has 0 aliphatic carbocycles. The number of hydrogen-bond acceptors (Lipinski definition) is 6. The summed E-state index contributed by atoms with van der Waals surface area (Å²) in [5.74, 6) is 1.87. The van der Waals surface area contributed by atoms with Crippen LogP contribution in [0.4, 0.5) is 0 Å². The van der Waals surface area contributed by atoms with Crippen LogP contribution >= 0.6 is 30.8 Å². The molecule has 0 bridgehead atoms. The molecular formula is C34H67Cl2K2N2O10P. The molecule has 2 aliphatic rings. The molecule has 2 aliphatic heterocycles. The Morgan fingerprint density at radius 2 is 1.08 bits per heavy atom. The van der Waals surface area contributed by atoms with Crippen LogP contribution in [0.3, 0.4) is 0 Å². The molecule has 0 aromatic heterocycles. The van der Waals surface area contributed by atoms with Crippen LogP contribution in [0.2, 0.25) is 10.0 Å². The number of nitrogens with zero attached hydrogens (tertiary/aromatic N) is 2. The van der Waals surface area contributed by atoms with Crippen LogP contribution in [0, 0.1) is 38.5 Å². The minimum absolute atomic E-state index is 0. The van der Waals surface area contributed by atoms with Crippen molar-refractivity contribution in [2.24, 2.45) is 23.7 Å². The zero-order valence-electron chi connectivity index (χ0n) is 33.7. The summed E-state index contributed by atoms with van der Waals surface area (Å²) in [6.07, 6.45) is 4.99. The molecule has 3 rings (SSSR count). The third kappa shape index (κ3) is 27.9. The quantitative estimate of drug-likeness (QED) is 0.116. The first-order valence-corrected chi connectivity index (χ1v) is 18.4. The molecule has 2 saturated heterocycles. The molecule has 17 heteroatoms. The van der Waals surface area contributed by atoms with Gasteiger partial charge < -0.3 is 59.5 Å². The smallest absolute Gasteiger partial charge is 0.870 e. The molecule has 4 atom stereocenters. The molecule has 4 unspecified atom stereocenters. The van der Waals surface area contributed by atoms with Crippen LogP contribution in [0.5, 0.6) is 5.75 Å². The Bertz CT molecular complexity index is 1070. The number of carbonyl (C=O) groups is 2. The van der Waals surface area contributed by atoms with E-state index in [0.717, 1.165) is 23.7 Å². The molecule has 51 heavy (non-hydrogen) atoms. The fourth-order valence-electron chi connectivity index (χ4n) is 6.50. The molecular weight excluding hydrogens is 776 g/mol. The second-order valence-electron chi connectivity index (χ2n) is 13.4. The van der Waals surface area contributed by atoms with Crippen molar-refractivity contribution < 1.29 is 162 Å². The normalized spacial score (nSPS) is 20.3. The van der Waals surface area contributed by atoms with E-state index < -0.39 is 19.5 Å². The zero-order chi connectivity index (χ0) is 35.2. The number of hydrogen-bond donors (Lipinski definition) is 4. The Hall–Kier alpha value is 1.80. The van der Waals surface area contributed by atoms with Crippen LogP contribution in [-0.4, -0.2) is 119 Å². The number of benzene rings is 1. The summed E-state index contributed by atoms with van der Waals surface area (Å²) in [6, 6.07) is 2.89. The molecule has 2 fully saturated rings. The van der Waals surface area contributed by atoms with Crippen LogP contribution in [0.1, 0.15) is 76.6 Å². The molecule has 1 aromatic carbocycles. The van der Waals surface area contributed by atoms with Gasteiger partial charge in [-0.3, -0.25) is 9.36 Å². The van der Waals surface area contributed by atoms with Gasteiger partial charge >= 0.3 is 122 Å². The van der Waals surface area contributed by atoms with Crippen molar-refractivity contribution in [3.8, 4) is 5.75 Å². The van der Waals surface area contributed by atoms with E-state index in [4.69, 9.17) is 47.9 Å². The fourth-order valence-corrected chi connectivity index (χ4v) is 7.54. The summed E-state index contributed by atoms with van der Waals surface area (Å²) in [4.78, 5) is 37.1. The van der Waals surface area contributed by atoms with Crippen molar-refractivity contribution in [1.29, 1.82) is 0 Å². The number of aromatic carboxylic acids is 1. The van der Waals surface area contributed by atoms with E-state index in [1.54, 1.807) is 0 Å². The number of carboxylic acids is 2. The Labute approximate surface area is 404 Å². The number of ether oxygens (including phenoxy) is 1. The van der Waals surface area contributed by atoms with E-state index in [2.05, 4.69) is 55.9 Å². The van der Waals surface area contributed by atoms with Crippen molar-refractivity contribution in [2.75, 3.05) is 67.6 Å². The van der Waals surface area contributed by atoms with E-state index in [1.807, 2.05) is 0 Å². The van der Waals surface area contributed by atoms with E-state index in [-0.39, 0.29) is 169 Å². The topological polar surface area (TPSA) is 201 Å². The number of carboxylic acid groups (broad SMARTS) is 2. The minimum Gasteiger partial charge on any atom is -0.870 e. The number of rotatable bonds is 10. The van der Waals surface area contributed by atoms with Crippen molar-refractivity contribution in [3.05, 3.63) is 42.6 Å². The monoisotopic (exact) mass is 842 g/mol. The summed E-state index contributed by atoms with van der Waals surface area (Å²) in [5.41, 5.74) is -0.114. The third-order valence-electron chi connectivity index (χ3n) is 8.66. The summed E-state index contributed by atoms with van der Waals surface area (Å²) in [7, 11) is 6.79. The standard InChI is InChI=1S/2C10H22N.C8H6Cl2O3.C4H9O5P.2CH3.2K.2H2O/c2*1-5-9-7-11(3,4)8-10(9)6-2;1-13-7-5(10)3-2-4(9)6(7)8(11)12;5-4(6)2-1-3-10(7,8)9;;;;;;/h2*9-10H,5-8H2,1-4H3;2-3H,1H3,(H,11,12);1-3H2,(H,5,6)(H2,7,8,9);2*1H3;;;2*1H2/q2*+1;;;2*-1;2*+1;;/p-2. The van der Waals surface area contributed by atoms with Gasteiger partial charge in [-0.2, -0.15) is 0 Å². The van der Waals surface area contributed by atoms with Crippen LogP contribution in [-0.2, 0) is 9.36 Å². The Morgan fingerprint density at radius 3 is 1.29 bits per heavy atom. The largest absolute Gasteiger partial charge is 1.00 e. The van der Waals surface area contributed by atoms with Crippen LogP contribution in [0.15, 0.2) is 12.1 Å². The predicted molar refractivity (Wildman–Crippen MR) is 199 cm³/mol. The van der Waals surface area contributed by atoms with Gasteiger partial charge in [0.25, 0.3) is 0 Å². The molecule has 6 N–H and O–H groups in total. The van der Waals surface area contributed by atoms with Gasteiger partial charge in [-0.25, -0.2) is 4.79 Å². The van der Waals surface area contributed by atoms with Gasteiger partial charge in [-0.1, -0.05) is 50.9 Å². The van der Waals surface area contributed by atoms with Gasteiger partial charge in [0.05, 0.1) is 77.7 Å². The van der Waals surface area contributed by atoms with Gasteiger partial charge in [0.1, 0.15) is 5.56 Å². The van der Waals surface area contributed by atoms with Crippen LogP contribution < -0.4 is 108 Å². The van der Waals surface area contributed by atoms with Crippen molar-refractivity contribution in [1.82, 2.24) is 0 Å². The van der Waals surface area contributed by atoms with E-state index >= 15 is 0 Å². The summed E-state index contributed by atoms with van der Waals surface area (Å²) in [5, 5.41) is 17.2. The molecule has 0 saturated carbocycles. The number of halogens is 2. The predicted octanol–water partition coefficient (Wildman–Crippen LogP) is 1.54. The molecule has 1 aromatic rings. The first-order valence-electron chi connectivity index (χ1n) is 15.8. The third-order valence-corrected chi connectivity index (χ3v) is 10.2. The number of aliphatic carboxylic acids is 1. The van der Waals surface area contributed by atoms with Gasteiger partial charge in [0.15, 0.2) is 5.75 Å². The molecule has 12 nitrogen and oxygen atoms in total. The maximum atomic E-state index is 10.7. The molecule has 0 spiro atoms. The summed E-state index contributed by atoms with van der Waals surface area (Å²) >= 11 is 11.4. The Balaban J connectivity index is -0.0000000978. The van der Waals surface area contributed by atoms with Crippen molar-refractivity contribution >= 4 is 42.7 Å². The Morgan fingerprint density at radius 1 is 0.765 bits per heavy atom. The van der Waals surface area contributed by atoms with Gasteiger partial charge in [0.2, 0.25) is 0 Å². The molecule has 294 valence electrons. The maximum Gasteiger partial charge on any atom is 1.00 e. The zero-order valence-corrected chi connectivity index (χ0v) is 42.3. The number of quaternary nitrogens is 2. The van der Waals surface area contributed by atoms with Crippen molar-refractivity contribution in [3.63, 3.8) is 0 Å². The summed E-state index contributed by atoms with van der Waals surface area (Å²) < 4.78 is 17.4.